The standard InChI is InChI=1S/C28H24N4O4/c1-2-16-31-22-14-8-7-13-20(22)25(33)24(27(31)35)26(34)30-32-23-15-9-6-12-19(23)21(29-28(32)36)17-18-10-4-3-5-11-18/h3-15,33H,2,16-17H2,1H3,(H,30,34). The van der Waals surface area contributed by atoms with E-state index in [-0.39, 0.29) is 0 Å². The van der Waals surface area contributed by atoms with Crippen LogP contribution in [0.25, 0.3) is 21.8 Å². The zero-order valence-electron chi connectivity index (χ0n) is 19.6. The normalized spacial score (nSPS) is 11.1. The molecule has 0 saturated carbocycles. The number of aromatic nitrogens is 3. The second kappa shape index (κ2) is 9.50. The summed E-state index contributed by atoms with van der Waals surface area (Å²) in [5.41, 5.74) is 3.30. The topological polar surface area (TPSA) is 106 Å². The minimum absolute atomic E-state index is 0.374. The van der Waals surface area contributed by atoms with Crippen LogP contribution in [-0.4, -0.2) is 25.2 Å². The van der Waals surface area contributed by atoms with E-state index < -0.39 is 28.5 Å². The Labute approximate surface area is 206 Å². The predicted molar refractivity (Wildman–Crippen MR) is 139 cm³/mol. The molecule has 0 radical (unpaired) electrons. The van der Waals surface area contributed by atoms with Crippen LogP contribution < -0.4 is 16.7 Å². The lowest BCUT2D eigenvalue weighted by atomic mass is 10.1. The largest absolute Gasteiger partial charge is 0.506 e. The van der Waals surface area contributed by atoms with Crippen LogP contribution in [0.1, 0.15) is 35.0 Å². The third kappa shape index (κ3) is 4.02. The molecule has 8 nitrogen and oxygen atoms in total. The van der Waals surface area contributed by atoms with Crippen LogP contribution in [0.5, 0.6) is 5.75 Å². The van der Waals surface area contributed by atoms with Gasteiger partial charge in [0.25, 0.3) is 11.5 Å². The van der Waals surface area contributed by atoms with Gasteiger partial charge >= 0.3 is 5.69 Å². The van der Waals surface area contributed by atoms with E-state index in [0.29, 0.717) is 46.9 Å². The van der Waals surface area contributed by atoms with Crippen LogP contribution in [0.2, 0.25) is 0 Å². The number of hydrogen-bond donors (Lipinski definition) is 2. The second-order valence-electron chi connectivity index (χ2n) is 8.49. The molecule has 0 fully saturated rings. The van der Waals surface area contributed by atoms with E-state index >= 15 is 0 Å². The van der Waals surface area contributed by atoms with Crippen molar-refractivity contribution in [3.63, 3.8) is 0 Å². The SMILES string of the molecule is CCCn1c(=O)c(C(=O)Nn2c(=O)nc(Cc3ccccc3)c3ccccc32)c(O)c2ccccc21. The summed E-state index contributed by atoms with van der Waals surface area (Å²) in [7, 11) is 0. The third-order valence-corrected chi connectivity index (χ3v) is 6.13. The lowest BCUT2D eigenvalue weighted by molar-refractivity contribution is 0.100. The van der Waals surface area contributed by atoms with Gasteiger partial charge in [0.1, 0.15) is 11.3 Å². The van der Waals surface area contributed by atoms with E-state index in [4.69, 9.17) is 0 Å². The van der Waals surface area contributed by atoms with Crippen molar-refractivity contribution in [1.29, 1.82) is 0 Å². The molecule has 0 spiro atoms. The van der Waals surface area contributed by atoms with E-state index in [9.17, 15) is 19.5 Å². The van der Waals surface area contributed by atoms with Crippen LogP contribution in [0.4, 0.5) is 0 Å². The van der Waals surface area contributed by atoms with Gasteiger partial charge in [-0.15, -0.1) is 0 Å². The third-order valence-electron chi connectivity index (χ3n) is 6.13. The molecule has 36 heavy (non-hydrogen) atoms. The molecule has 0 aliphatic carbocycles. The van der Waals surface area contributed by atoms with Crippen LogP contribution in [0, 0.1) is 0 Å². The number of para-hydroxylation sites is 2. The Morgan fingerprint density at radius 1 is 0.889 bits per heavy atom. The number of amides is 1. The van der Waals surface area contributed by atoms with Gasteiger partial charge in [-0.25, -0.2) is 9.47 Å². The molecular weight excluding hydrogens is 456 g/mol. The van der Waals surface area contributed by atoms with E-state index in [1.807, 2.05) is 49.4 Å². The summed E-state index contributed by atoms with van der Waals surface area (Å²) in [6, 6.07) is 23.6. The highest BCUT2D eigenvalue weighted by Crippen LogP contribution is 2.26. The van der Waals surface area contributed by atoms with E-state index in [2.05, 4.69) is 10.4 Å². The van der Waals surface area contributed by atoms with Crippen LogP contribution in [0.15, 0.2) is 88.5 Å². The van der Waals surface area contributed by atoms with Crippen molar-refractivity contribution >= 4 is 27.7 Å². The molecule has 3 aromatic carbocycles. The zero-order chi connectivity index (χ0) is 25.2. The average molecular weight is 481 g/mol. The van der Waals surface area contributed by atoms with Crippen molar-refractivity contribution in [3.8, 4) is 5.75 Å². The summed E-state index contributed by atoms with van der Waals surface area (Å²) < 4.78 is 2.48. The fourth-order valence-electron chi connectivity index (χ4n) is 4.47. The monoisotopic (exact) mass is 480 g/mol. The summed E-state index contributed by atoms with van der Waals surface area (Å²) >= 11 is 0. The Hall–Kier alpha value is -4.72. The molecule has 0 aliphatic heterocycles. The van der Waals surface area contributed by atoms with Crippen molar-refractivity contribution in [2.24, 2.45) is 0 Å². The Bertz CT molecular complexity index is 1720. The number of carbonyl (C=O) groups is 1. The minimum atomic E-state index is -0.891. The number of nitrogens with one attached hydrogen (secondary N) is 1. The molecule has 0 bridgehead atoms. The molecule has 0 unspecified atom stereocenters. The average Bonchev–Trinajstić information content (AvgIpc) is 2.89. The number of hydrogen-bond acceptors (Lipinski definition) is 5. The first-order valence-corrected chi connectivity index (χ1v) is 11.7. The van der Waals surface area contributed by atoms with Crippen LogP contribution in [0.3, 0.4) is 0 Å². The quantitative estimate of drug-likeness (QED) is 0.385. The summed E-state index contributed by atoms with van der Waals surface area (Å²) in [5.74, 6) is -1.32. The van der Waals surface area contributed by atoms with E-state index in [1.54, 1.807) is 36.4 Å². The number of rotatable bonds is 6. The number of carbonyl (C=O) groups excluding carboxylic acids is 1. The summed E-state index contributed by atoms with van der Waals surface area (Å²) in [6.45, 7) is 2.29. The molecule has 8 heteroatoms. The van der Waals surface area contributed by atoms with E-state index in [1.165, 1.54) is 4.57 Å². The Morgan fingerprint density at radius 2 is 1.53 bits per heavy atom. The molecule has 1 amide bonds. The number of aromatic hydroxyl groups is 1. The van der Waals surface area contributed by atoms with Crippen molar-refractivity contribution in [2.45, 2.75) is 26.3 Å². The van der Waals surface area contributed by atoms with Crippen molar-refractivity contribution in [2.75, 3.05) is 5.43 Å². The van der Waals surface area contributed by atoms with Gasteiger partial charge in [-0.1, -0.05) is 67.6 Å². The number of aryl methyl sites for hydroxylation is 1. The maximum absolute atomic E-state index is 13.4. The summed E-state index contributed by atoms with van der Waals surface area (Å²) in [5, 5.41) is 12.0. The zero-order valence-corrected chi connectivity index (χ0v) is 19.6. The fraction of sp³-hybridized carbons (Fsp3) is 0.143. The first-order chi connectivity index (χ1) is 17.5. The van der Waals surface area contributed by atoms with Crippen molar-refractivity contribution in [3.05, 3.63) is 117 Å². The van der Waals surface area contributed by atoms with Gasteiger partial charge in [-0.2, -0.15) is 4.98 Å². The molecular formula is C28H24N4O4. The number of fused-ring (bicyclic) bond motifs is 2. The van der Waals surface area contributed by atoms with Gasteiger partial charge in [-0.3, -0.25) is 15.0 Å². The molecule has 2 aromatic heterocycles. The molecule has 0 atom stereocenters. The highest BCUT2D eigenvalue weighted by atomic mass is 16.3. The molecule has 5 rings (SSSR count). The number of benzene rings is 3. The van der Waals surface area contributed by atoms with Crippen molar-refractivity contribution in [1.82, 2.24) is 14.2 Å². The van der Waals surface area contributed by atoms with E-state index in [0.717, 1.165) is 10.2 Å². The Balaban J connectivity index is 1.62. The minimum Gasteiger partial charge on any atom is -0.506 e. The van der Waals surface area contributed by atoms with Crippen LogP contribution >= 0.6 is 0 Å². The highest BCUT2D eigenvalue weighted by molar-refractivity contribution is 6.06. The van der Waals surface area contributed by atoms with Gasteiger partial charge in [0.05, 0.1) is 16.7 Å². The maximum Gasteiger partial charge on any atom is 0.367 e. The summed E-state index contributed by atoms with van der Waals surface area (Å²) in [6.07, 6.45) is 1.10. The smallest absolute Gasteiger partial charge is 0.367 e. The Kier molecular flexibility index (Phi) is 6.08. The second-order valence-corrected chi connectivity index (χ2v) is 8.49. The van der Waals surface area contributed by atoms with Gasteiger partial charge in [0.15, 0.2) is 0 Å². The van der Waals surface area contributed by atoms with Crippen LogP contribution in [-0.2, 0) is 13.0 Å². The van der Waals surface area contributed by atoms with Gasteiger partial charge in [0.2, 0.25) is 0 Å². The predicted octanol–water partition coefficient (Wildman–Crippen LogP) is 3.80. The van der Waals surface area contributed by atoms with Gasteiger partial charge < -0.3 is 9.67 Å². The highest BCUT2D eigenvalue weighted by Gasteiger charge is 2.23. The number of nitrogens with zero attached hydrogens (tertiary/aromatic N) is 3. The first-order valence-electron chi connectivity index (χ1n) is 11.7. The Morgan fingerprint density at radius 3 is 2.25 bits per heavy atom. The lowest BCUT2D eigenvalue weighted by Crippen LogP contribution is -2.38. The van der Waals surface area contributed by atoms with Gasteiger partial charge in [-0.05, 0) is 30.2 Å². The summed E-state index contributed by atoms with van der Waals surface area (Å²) in [4.78, 5) is 43.9. The fourth-order valence-corrected chi connectivity index (χ4v) is 4.47. The molecule has 2 N–H and O–H groups in total. The molecule has 2 heterocycles. The molecule has 5 aromatic rings. The molecule has 180 valence electrons. The molecule has 0 saturated heterocycles. The van der Waals surface area contributed by atoms with Crippen molar-refractivity contribution < 1.29 is 9.90 Å². The molecule has 0 aliphatic rings. The maximum atomic E-state index is 13.4. The van der Waals surface area contributed by atoms with Gasteiger partial charge in [0, 0.05) is 23.7 Å². The lowest BCUT2D eigenvalue weighted by Gasteiger charge is -2.16. The number of pyridine rings is 1. The first kappa shape index (κ1) is 23.0.